The van der Waals surface area contributed by atoms with Crippen molar-refractivity contribution in [1.29, 1.82) is 0 Å². The molecule has 0 fully saturated rings. The van der Waals surface area contributed by atoms with Gasteiger partial charge in [0.15, 0.2) is 0 Å². The molecule has 1 aromatic rings. The van der Waals surface area contributed by atoms with Gasteiger partial charge in [-0.2, -0.15) is 5.10 Å². The van der Waals surface area contributed by atoms with Crippen molar-refractivity contribution in [3.63, 3.8) is 0 Å². The van der Waals surface area contributed by atoms with Crippen molar-refractivity contribution in [2.45, 2.75) is 33.2 Å². The number of amides is 1. The van der Waals surface area contributed by atoms with Gasteiger partial charge in [0.25, 0.3) is 5.91 Å². The van der Waals surface area contributed by atoms with Crippen LogP contribution in [0.2, 0.25) is 0 Å². The first-order valence-corrected chi connectivity index (χ1v) is 5.12. The largest absolute Gasteiger partial charge is 0.348 e. The fourth-order valence-electron chi connectivity index (χ4n) is 1.47. The van der Waals surface area contributed by atoms with Crippen LogP contribution in [0.5, 0.6) is 0 Å². The van der Waals surface area contributed by atoms with Gasteiger partial charge in [-0.15, -0.1) is 0 Å². The lowest BCUT2D eigenvalue weighted by molar-refractivity contribution is 0.0936. The fraction of sp³-hybridized carbons (Fsp3) is 0.600. The van der Waals surface area contributed by atoms with E-state index in [0.717, 1.165) is 17.8 Å². The molecule has 0 spiro atoms. The van der Waals surface area contributed by atoms with E-state index in [1.807, 2.05) is 20.8 Å². The molecule has 0 bridgehead atoms. The van der Waals surface area contributed by atoms with E-state index in [-0.39, 0.29) is 11.9 Å². The van der Waals surface area contributed by atoms with Crippen LogP contribution in [0.3, 0.4) is 0 Å². The number of aryl methyl sites for hydroxylation is 2. The molecule has 0 aliphatic rings. The minimum absolute atomic E-state index is 0.0335. The smallest absolute Gasteiger partial charge is 0.255 e. The normalized spacial score (nSPS) is 12.5. The van der Waals surface area contributed by atoms with Crippen LogP contribution >= 0.6 is 0 Å². The minimum Gasteiger partial charge on any atom is -0.348 e. The molecular weight excluding hydrogens is 192 g/mol. The van der Waals surface area contributed by atoms with E-state index in [1.165, 1.54) is 0 Å². The molecular formula is C10H18N4O. The van der Waals surface area contributed by atoms with Gasteiger partial charge in [0.1, 0.15) is 0 Å². The number of H-pyrrole nitrogens is 1. The molecule has 0 aliphatic heterocycles. The number of aromatic nitrogens is 2. The van der Waals surface area contributed by atoms with Crippen molar-refractivity contribution in [3.8, 4) is 0 Å². The van der Waals surface area contributed by atoms with Crippen LogP contribution in [0.1, 0.15) is 35.1 Å². The first kappa shape index (κ1) is 11.7. The monoisotopic (exact) mass is 210 g/mol. The van der Waals surface area contributed by atoms with Crippen molar-refractivity contribution < 1.29 is 4.79 Å². The molecule has 0 aliphatic carbocycles. The highest BCUT2D eigenvalue weighted by Crippen LogP contribution is 2.09. The molecule has 0 aromatic carbocycles. The average molecular weight is 210 g/mol. The maximum atomic E-state index is 11.8. The third-order valence-electron chi connectivity index (χ3n) is 2.47. The lowest BCUT2D eigenvalue weighted by Crippen LogP contribution is -2.40. The Balaban J connectivity index is 2.77. The lowest BCUT2D eigenvalue weighted by atomic mass is 10.1. The number of hydrogen-bond donors (Lipinski definition) is 3. The van der Waals surface area contributed by atoms with Gasteiger partial charge in [-0.25, -0.2) is 0 Å². The number of hydrogen-bond acceptors (Lipinski definition) is 3. The Morgan fingerprint density at radius 2 is 2.27 bits per heavy atom. The zero-order valence-corrected chi connectivity index (χ0v) is 9.42. The second kappa shape index (κ2) is 4.93. The van der Waals surface area contributed by atoms with Crippen LogP contribution in [0.4, 0.5) is 0 Å². The van der Waals surface area contributed by atoms with Crippen LogP contribution < -0.4 is 11.1 Å². The van der Waals surface area contributed by atoms with E-state index in [9.17, 15) is 4.79 Å². The zero-order chi connectivity index (χ0) is 11.4. The molecule has 4 N–H and O–H groups in total. The quantitative estimate of drug-likeness (QED) is 0.676. The number of nitrogens with one attached hydrogen (secondary N) is 2. The zero-order valence-electron chi connectivity index (χ0n) is 9.42. The molecule has 0 radical (unpaired) electrons. The molecule has 15 heavy (non-hydrogen) atoms. The van der Waals surface area contributed by atoms with Gasteiger partial charge in [0.2, 0.25) is 0 Å². The molecule has 1 aromatic heterocycles. The molecule has 1 unspecified atom stereocenters. The Kier molecular flexibility index (Phi) is 3.85. The summed E-state index contributed by atoms with van der Waals surface area (Å²) < 4.78 is 0. The second-order valence-electron chi connectivity index (χ2n) is 3.62. The van der Waals surface area contributed by atoms with E-state index in [4.69, 9.17) is 5.73 Å². The summed E-state index contributed by atoms with van der Waals surface area (Å²) in [5.74, 6) is -0.101. The summed E-state index contributed by atoms with van der Waals surface area (Å²) in [6.45, 7) is 6.09. The number of rotatable bonds is 4. The second-order valence-corrected chi connectivity index (χ2v) is 3.62. The first-order chi connectivity index (χ1) is 7.10. The summed E-state index contributed by atoms with van der Waals surface area (Å²) in [5, 5.41) is 9.64. The molecule has 1 atom stereocenters. The highest BCUT2D eigenvalue weighted by atomic mass is 16.1. The highest BCUT2D eigenvalue weighted by molar-refractivity contribution is 5.96. The number of carbonyl (C=O) groups is 1. The number of nitrogens with two attached hydrogens (primary N) is 1. The first-order valence-electron chi connectivity index (χ1n) is 5.12. The Labute approximate surface area is 89.4 Å². The summed E-state index contributed by atoms with van der Waals surface area (Å²) in [6, 6.07) is 0.0335. The molecule has 0 saturated carbocycles. The summed E-state index contributed by atoms with van der Waals surface area (Å²) in [7, 11) is 0. The van der Waals surface area contributed by atoms with Crippen LogP contribution in [-0.4, -0.2) is 28.7 Å². The maximum Gasteiger partial charge on any atom is 0.255 e. The number of nitrogens with zero attached hydrogens (tertiary/aromatic N) is 1. The Morgan fingerprint density at radius 3 is 2.67 bits per heavy atom. The van der Waals surface area contributed by atoms with Crippen molar-refractivity contribution in [1.82, 2.24) is 15.5 Å². The summed E-state index contributed by atoms with van der Waals surface area (Å²) in [4.78, 5) is 11.8. The average Bonchev–Trinajstić information content (AvgIpc) is 2.55. The van der Waals surface area contributed by atoms with Crippen LogP contribution in [0, 0.1) is 13.8 Å². The van der Waals surface area contributed by atoms with E-state index in [0.29, 0.717) is 12.1 Å². The molecule has 1 heterocycles. The summed E-state index contributed by atoms with van der Waals surface area (Å²) in [5.41, 5.74) is 7.66. The number of carbonyl (C=O) groups excluding carboxylic acids is 1. The summed E-state index contributed by atoms with van der Waals surface area (Å²) >= 11 is 0. The SMILES string of the molecule is CCC(CN)NC(=O)c1c(C)n[nH]c1C. The molecule has 5 nitrogen and oxygen atoms in total. The molecule has 84 valence electrons. The van der Waals surface area contributed by atoms with Crippen molar-refractivity contribution >= 4 is 5.91 Å². The van der Waals surface area contributed by atoms with Gasteiger partial charge < -0.3 is 11.1 Å². The Morgan fingerprint density at radius 1 is 1.60 bits per heavy atom. The van der Waals surface area contributed by atoms with Crippen molar-refractivity contribution in [2.24, 2.45) is 5.73 Å². The number of aromatic amines is 1. The summed E-state index contributed by atoms with van der Waals surface area (Å²) in [6.07, 6.45) is 0.832. The predicted octanol–water partition coefficient (Wildman–Crippen LogP) is 0.494. The minimum atomic E-state index is -0.101. The van der Waals surface area contributed by atoms with Gasteiger partial charge in [-0.1, -0.05) is 6.92 Å². The van der Waals surface area contributed by atoms with E-state index < -0.39 is 0 Å². The fourth-order valence-corrected chi connectivity index (χ4v) is 1.47. The van der Waals surface area contributed by atoms with Crippen LogP contribution in [0.15, 0.2) is 0 Å². The molecule has 5 heteroatoms. The van der Waals surface area contributed by atoms with Crippen LogP contribution in [-0.2, 0) is 0 Å². The topological polar surface area (TPSA) is 83.8 Å². The van der Waals surface area contributed by atoms with Crippen LogP contribution in [0.25, 0.3) is 0 Å². The standard InChI is InChI=1S/C10H18N4O/c1-4-8(5-11)12-10(15)9-6(2)13-14-7(9)3/h8H,4-5,11H2,1-3H3,(H,12,15)(H,13,14). The van der Waals surface area contributed by atoms with Gasteiger partial charge in [-0.05, 0) is 20.3 Å². The third-order valence-corrected chi connectivity index (χ3v) is 2.47. The Hall–Kier alpha value is -1.36. The van der Waals surface area contributed by atoms with Gasteiger partial charge in [-0.3, -0.25) is 9.89 Å². The van der Waals surface area contributed by atoms with Gasteiger partial charge in [0, 0.05) is 18.3 Å². The van der Waals surface area contributed by atoms with E-state index in [1.54, 1.807) is 0 Å². The molecule has 0 saturated heterocycles. The predicted molar refractivity (Wildman–Crippen MR) is 58.7 cm³/mol. The van der Waals surface area contributed by atoms with E-state index in [2.05, 4.69) is 15.5 Å². The Bertz CT molecular complexity index is 322. The lowest BCUT2D eigenvalue weighted by Gasteiger charge is -2.14. The highest BCUT2D eigenvalue weighted by Gasteiger charge is 2.17. The van der Waals surface area contributed by atoms with Crippen molar-refractivity contribution in [3.05, 3.63) is 17.0 Å². The molecule has 1 rings (SSSR count). The molecule has 1 amide bonds. The van der Waals surface area contributed by atoms with Gasteiger partial charge >= 0.3 is 0 Å². The van der Waals surface area contributed by atoms with Crippen molar-refractivity contribution in [2.75, 3.05) is 6.54 Å². The maximum absolute atomic E-state index is 11.8. The van der Waals surface area contributed by atoms with E-state index >= 15 is 0 Å². The third kappa shape index (κ3) is 2.56. The van der Waals surface area contributed by atoms with Gasteiger partial charge in [0.05, 0.1) is 11.3 Å².